The van der Waals surface area contributed by atoms with Crippen LogP contribution in [0.2, 0.25) is 0 Å². The molecule has 0 aromatic heterocycles. The number of nitrogens with zero attached hydrogens (tertiary/aromatic N) is 1. The highest BCUT2D eigenvalue weighted by atomic mass is 16.5. The van der Waals surface area contributed by atoms with Gasteiger partial charge < -0.3 is 9.84 Å². The number of carboxylic acids is 1. The summed E-state index contributed by atoms with van der Waals surface area (Å²) >= 11 is 0. The quantitative estimate of drug-likeness (QED) is 0.769. The predicted molar refractivity (Wildman–Crippen MR) is 65.0 cm³/mol. The Labute approximate surface area is 103 Å². The highest BCUT2D eigenvalue weighted by molar-refractivity contribution is 5.73. The molecule has 0 unspecified atom stereocenters. The number of rotatable bonds is 6. The van der Waals surface area contributed by atoms with Gasteiger partial charge in [0.25, 0.3) is 0 Å². The lowest BCUT2D eigenvalue weighted by Gasteiger charge is -2.37. The van der Waals surface area contributed by atoms with E-state index in [1.165, 1.54) is 12.8 Å². The normalized spacial score (nSPS) is 23.9. The summed E-state index contributed by atoms with van der Waals surface area (Å²) < 4.78 is 5.37. The molecule has 0 spiro atoms. The van der Waals surface area contributed by atoms with Crippen LogP contribution in [0.25, 0.3) is 0 Å². The first kappa shape index (κ1) is 12.8. The number of hydrogen-bond donors (Lipinski definition) is 1. The molecular formula is C13H23NO3. The molecule has 4 nitrogen and oxygen atoms in total. The molecule has 4 heteroatoms. The summed E-state index contributed by atoms with van der Waals surface area (Å²) in [6.07, 6.45) is 5.21. The molecule has 2 aliphatic rings. The van der Waals surface area contributed by atoms with Crippen LogP contribution >= 0.6 is 0 Å². The Morgan fingerprint density at radius 1 is 1.35 bits per heavy atom. The second kappa shape index (κ2) is 5.83. The third-order valence-corrected chi connectivity index (χ3v) is 3.90. The zero-order valence-electron chi connectivity index (χ0n) is 10.6. The monoisotopic (exact) mass is 241 g/mol. The summed E-state index contributed by atoms with van der Waals surface area (Å²) in [6.45, 7) is 4.50. The van der Waals surface area contributed by atoms with Crippen molar-refractivity contribution >= 4 is 5.97 Å². The van der Waals surface area contributed by atoms with Crippen molar-refractivity contribution in [2.24, 2.45) is 5.92 Å². The number of aliphatic carboxylic acids is 1. The maximum Gasteiger partial charge on any atom is 0.320 e. The Kier molecular flexibility index (Phi) is 4.40. The van der Waals surface area contributed by atoms with E-state index in [1.807, 2.05) is 6.92 Å². The van der Waals surface area contributed by atoms with E-state index >= 15 is 0 Å². The molecule has 1 saturated carbocycles. The molecule has 1 N–H and O–H groups in total. The Balaban J connectivity index is 2.01. The third kappa shape index (κ3) is 3.42. The van der Waals surface area contributed by atoms with Gasteiger partial charge in [0, 0.05) is 25.8 Å². The lowest BCUT2D eigenvalue weighted by Crippen LogP contribution is -2.50. The van der Waals surface area contributed by atoms with Crippen LogP contribution < -0.4 is 0 Å². The standard InChI is InChI=1S/C13H23NO3/c1-2-12(13(15)16)14(9-10-3-4-10)11-5-7-17-8-6-11/h10-12H,2-9H2,1H3,(H,15,16)/t12-/m0/s1. The molecule has 2 rings (SSSR count). The summed E-state index contributed by atoms with van der Waals surface area (Å²) in [7, 11) is 0. The fourth-order valence-electron chi connectivity index (χ4n) is 2.70. The molecule has 1 atom stereocenters. The molecule has 0 aromatic carbocycles. The van der Waals surface area contributed by atoms with Crippen molar-refractivity contribution in [2.45, 2.75) is 51.1 Å². The van der Waals surface area contributed by atoms with Crippen LogP contribution in [0.15, 0.2) is 0 Å². The summed E-state index contributed by atoms with van der Waals surface area (Å²) in [5.74, 6) is 0.0749. The zero-order valence-corrected chi connectivity index (χ0v) is 10.6. The average molecular weight is 241 g/mol. The molecule has 1 heterocycles. The average Bonchev–Trinajstić information content (AvgIpc) is 3.13. The largest absolute Gasteiger partial charge is 0.480 e. The van der Waals surface area contributed by atoms with E-state index in [0.29, 0.717) is 12.5 Å². The smallest absolute Gasteiger partial charge is 0.320 e. The van der Waals surface area contributed by atoms with Gasteiger partial charge in [0.2, 0.25) is 0 Å². The molecular weight excluding hydrogens is 218 g/mol. The number of carbonyl (C=O) groups is 1. The fourth-order valence-corrected chi connectivity index (χ4v) is 2.70. The maximum atomic E-state index is 11.3. The van der Waals surface area contributed by atoms with Crippen LogP contribution in [0.4, 0.5) is 0 Å². The predicted octanol–water partition coefficient (Wildman–Crippen LogP) is 1.74. The van der Waals surface area contributed by atoms with Gasteiger partial charge in [-0.25, -0.2) is 0 Å². The molecule has 0 radical (unpaired) electrons. The van der Waals surface area contributed by atoms with Crippen molar-refractivity contribution < 1.29 is 14.6 Å². The van der Waals surface area contributed by atoms with Crippen LogP contribution in [0.3, 0.4) is 0 Å². The highest BCUT2D eigenvalue weighted by Gasteiger charge is 2.35. The van der Waals surface area contributed by atoms with Gasteiger partial charge in [-0.15, -0.1) is 0 Å². The molecule has 2 fully saturated rings. The van der Waals surface area contributed by atoms with Gasteiger partial charge in [0.05, 0.1) is 0 Å². The van der Waals surface area contributed by atoms with Gasteiger partial charge in [0.15, 0.2) is 0 Å². The van der Waals surface area contributed by atoms with E-state index in [2.05, 4.69) is 4.90 Å². The van der Waals surface area contributed by atoms with Crippen molar-refractivity contribution in [1.82, 2.24) is 4.90 Å². The third-order valence-electron chi connectivity index (χ3n) is 3.90. The van der Waals surface area contributed by atoms with E-state index < -0.39 is 5.97 Å². The summed E-state index contributed by atoms with van der Waals surface area (Å²) in [5.41, 5.74) is 0. The van der Waals surface area contributed by atoms with Gasteiger partial charge in [0.1, 0.15) is 6.04 Å². The Morgan fingerprint density at radius 3 is 2.47 bits per heavy atom. The lowest BCUT2D eigenvalue weighted by atomic mass is 10.0. The molecule has 1 saturated heterocycles. The zero-order chi connectivity index (χ0) is 12.3. The number of hydrogen-bond acceptors (Lipinski definition) is 3. The van der Waals surface area contributed by atoms with E-state index in [1.54, 1.807) is 0 Å². The molecule has 1 aliphatic carbocycles. The van der Waals surface area contributed by atoms with E-state index in [9.17, 15) is 9.90 Å². The summed E-state index contributed by atoms with van der Waals surface area (Å²) in [5, 5.41) is 9.33. The van der Waals surface area contributed by atoms with Gasteiger partial charge in [-0.2, -0.15) is 0 Å². The minimum absolute atomic E-state index is 0.307. The molecule has 17 heavy (non-hydrogen) atoms. The summed E-state index contributed by atoms with van der Waals surface area (Å²) in [4.78, 5) is 13.6. The maximum absolute atomic E-state index is 11.3. The number of carboxylic acid groups (broad SMARTS) is 1. The Hall–Kier alpha value is -0.610. The van der Waals surface area contributed by atoms with Crippen molar-refractivity contribution in [3.63, 3.8) is 0 Å². The fraction of sp³-hybridized carbons (Fsp3) is 0.923. The topological polar surface area (TPSA) is 49.8 Å². The SMILES string of the molecule is CC[C@@H](C(=O)O)N(CC1CC1)C1CCOCC1. The van der Waals surface area contributed by atoms with Crippen molar-refractivity contribution in [3.05, 3.63) is 0 Å². The number of ether oxygens (including phenoxy) is 1. The van der Waals surface area contributed by atoms with E-state index in [-0.39, 0.29) is 6.04 Å². The van der Waals surface area contributed by atoms with Gasteiger partial charge >= 0.3 is 5.97 Å². The van der Waals surface area contributed by atoms with Gasteiger partial charge in [-0.3, -0.25) is 9.69 Å². The first-order valence-electron chi connectivity index (χ1n) is 6.78. The second-order valence-corrected chi connectivity index (χ2v) is 5.25. The second-order valence-electron chi connectivity index (χ2n) is 5.25. The molecule has 0 amide bonds. The first-order chi connectivity index (χ1) is 8.22. The van der Waals surface area contributed by atoms with Gasteiger partial charge in [-0.05, 0) is 38.0 Å². The Bertz CT molecular complexity index is 259. The van der Waals surface area contributed by atoms with E-state index in [0.717, 1.165) is 38.5 Å². The lowest BCUT2D eigenvalue weighted by molar-refractivity contribution is -0.145. The Morgan fingerprint density at radius 2 is 2.00 bits per heavy atom. The molecule has 1 aliphatic heterocycles. The van der Waals surface area contributed by atoms with Crippen LogP contribution in [0.5, 0.6) is 0 Å². The van der Waals surface area contributed by atoms with E-state index in [4.69, 9.17) is 4.74 Å². The van der Waals surface area contributed by atoms with Gasteiger partial charge in [-0.1, -0.05) is 6.92 Å². The molecule has 0 aromatic rings. The van der Waals surface area contributed by atoms with Crippen molar-refractivity contribution in [2.75, 3.05) is 19.8 Å². The first-order valence-corrected chi connectivity index (χ1v) is 6.78. The minimum Gasteiger partial charge on any atom is -0.480 e. The van der Waals surface area contributed by atoms with Crippen LogP contribution in [0.1, 0.15) is 39.0 Å². The van der Waals surface area contributed by atoms with Crippen molar-refractivity contribution in [3.8, 4) is 0 Å². The molecule has 0 bridgehead atoms. The summed E-state index contributed by atoms with van der Waals surface area (Å²) in [6, 6.07) is 0.101. The van der Waals surface area contributed by atoms with Crippen molar-refractivity contribution in [1.29, 1.82) is 0 Å². The minimum atomic E-state index is -0.667. The highest BCUT2D eigenvalue weighted by Crippen LogP contribution is 2.32. The van der Waals surface area contributed by atoms with Crippen LogP contribution in [-0.2, 0) is 9.53 Å². The van der Waals surface area contributed by atoms with Crippen LogP contribution in [-0.4, -0.2) is 47.8 Å². The molecule has 98 valence electrons. The van der Waals surface area contributed by atoms with Crippen LogP contribution in [0, 0.1) is 5.92 Å².